The molecule has 106 valence electrons. The fourth-order valence-electron chi connectivity index (χ4n) is 2.06. The number of aryl methyl sites for hydroxylation is 1. The van der Waals surface area contributed by atoms with Crippen LogP contribution in [0, 0.1) is 12.7 Å². The summed E-state index contributed by atoms with van der Waals surface area (Å²) < 4.78 is 13.2. The van der Waals surface area contributed by atoms with Gasteiger partial charge >= 0.3 is 0 Å². The Morgan fingerprint density at radius 3 is 2.50 bits per heavy atom. The molecule has 1 unspecified atom stereocenters. The second kappa shape index (κ2) is 6.55. The maximum Gasteiger partial charge on any atom is 0.141 e. The average Bonchev–Trinajstić information content (AvgIpc) is 2.43. The molecular weight excluding hydrogens is 298 g/mol. The highest BCUT2D eigenvalue weighted by Crippen LogP contribution is 2.24. The van der Waals surface area contributed by atoms with E-state index in [0.717, 1.165) is 16.7 Å². The Hall–Kier alpha value is -1.13. The van der Waals surface area contributed by atoms with E-state index in [9.17, 15) is 4.39 Å². The molecule has 2 rings (SSSR count). The van der Waals surface area contributed by atoms with Gasteiger partial charge in [-0.3, -0.25) is 11.3 Å². The number of rotatable bonds is 4. The zero-order chi connectivity index (χ0) is 14.7. The first-order valence-electron chi connectivity index (χ1n) is 6.17. The Bertz CT molecular complexity index is 617. The highest BCUT2D eigenvalue weighted by atomic mass is 35.5. The summed E-state index contributed by atoms with van der Waals surface area (Å²) in [4.78, 5) is 0. The third-order valence-corrected chi connectivity index (χ3v) is 3.92. The van der Waals surface area contributed by atoms with Gasteiger partial charge in [-0.15, -0.1) is 0 Å². The van der Waals surface area contributed by atoms with Gasteiger partial charge in [0.25, 0.3) is 0 Å². The molecule has 3 N–H and O–H groups in total. The van der Waals surface area contributed by atoms with Crippen LogP contribution in [0.2, 0.25) is 10.0 Å². The van der Waals surface area contributed by atoms with Crippen LogP contribution in [0.3, 0.4) is 0 Å². The first-order chi connectivity index (χ1) is 9.51. The van der Waals surface area contributed by atoms with Crippen LogP contribution in [0.25, 0.3) is 0 Å². The normalized spacial score (nSPS) is 12.4. The molecule has 0 saturated carbocycles. The minimum absolute atomic E-state index is 0.0903. The molecule has 0 aliphatic heterocycles. The summed E-state index contributed by atoms with van der Waals surface area (Å²) in [5, 5.41) is 0.833. The Balaban J connectivity index is 2.23. The fourth-order valence-corrected chi connectivity index (χ4v) is 2.38. The van der Waals surface area contributed by atoms with E-state index in [1.54, 1.807) is 12.1 Å². The fraction of sp³-hybridized carbons (Fsp3) is 0.200. The topological polar surface area (TPSA) is 38.0 Å². The van der Waals surface area contributed by atoms with Crippen LogP contribution < -0.4 is 11.3 Å². The maximum absolute atomic E-state index is 13.2. The predicted octanol–water partition coefficient (Wildman–Crippen LogP) is 4.19. The van der Waals surface area contributed by atoms with E-state index < -0.39 is 5.82 Å². The molecule has 2 nitrogen and oxygen atoms in total. The molecule has 0 spiro atoms. The van der Waals surface area contributed by atoms with Crippen molar-refractivity contribution >= 4 is 23.2 Å². The van der Waals surface area contributed by atoms with Crippen molar-refractivity contribution in [3.63, 3.8) is 0 Å². The van der Waals surface area contributed by atoms with Gasteiger partial charge in [0, 0.05) is 11.1 Å². The molecule has 0 aromatic heterocycles. The van der Waals surface area contributed by atoms with Gasteiger partial charge in [0.2, 0.25) is 0 Å². The third kappa shape index (κ3) is 3.49. The third-order valence-electron chi connectivity index (χ3n) is 3.21. The minimum atomic E-state index is -0.421. The van der Waals surface area contributed by atoms with Crippen molar-refractivity contribution in [1.29, 1.82) is 0 Å². The number of hydrogen-bond donors (Lipinski definition) is 2. The van der Waals surface area contributed by atoms with Crippen molar-refractivity contribution in [2.75, 3.05) is 0 Å². The summed E-state index contributed by atoms with van der Waals surface area (Å²) in [6, 6.07) is 10.3. The first kappa shape index (κ1) is 15.3. The number of halogens is 3. The Labute approximate surface area is 127 Å². The van der Waals surface area contributed by atoms with Crippen molar-refractivity contribution < 1.29 is 4.39 Å². The highest BCUT2D eigenvalue weighted by Gasteiger charge is 2.12. The SMILES string of the molecule is Cc1cc(C(Cc2ccc(F)c(Cl)c2)NN)ccc1Cl. The summed E-state index contributed by atoms with van der Waals surface area (Å²) in [5.41, 5.74) is 5.69. The van der Waals surface area contributed by atoms with Gasteiger partial charge in [0.05, 0.1) is 5.02 Å². The molecule has 0 fully saturated rings. The minimum Gasteiger partial charge on any atom is -0.271 e. The lowest BCUT2D eigenvalue weighted by Crippen LogP contribution is -2.29. The molecule has 0 radical (unpaired) electrons. The smallest absolute Gasteiger partial charge is 0.141 e. The van der Waals surface area contributed by atoms with Crippen molar-refractivity contribution in [3.8, 4) is 0 Å². The second-order valence-electron chi connectivity index (χ2n) is 4.68. The molecule has 2 aromatic carbocycles. The van der Waals surface area contributed by atoms with Crippen LogP contribution in [0.5, 0.6) is 0 Å². The summed E-state index contributed by atoms with van der Waals surface area (Å²) in [7, 11) is 0. The molecule has 0 bridgehead atoms. The predicted molar refractivity (Wildman–Crippen MR) is 81.4 cm³/mol. The summed E-state index contributed by atoms with van der Waals surface area (Å²) in [5.74, 6) is 5.20. The van der Waals surface area contributed by atoms with Gasteiger partial charge in [-0.05, 0) is 48.2 Å². The van der Waals surface area contributed by atoms with E-state index in [2.05, 4.69) is 5.43 Å². The van der Waals surface area contributed by atoms with E-state index in [4.69, 9.17) is 29.0 Å². The molecule has 2 aromatic rings. The molecule has 1 atom stereocenters. The molecular formula is C15H15Cl2FN2. The lowest BCUT2D eigenvalue weighted by Gasteiger charge is -2.17. The molecule has 0 aliphatic rings. The van der Waals surface area contributed by atoms with Crippen molar-refractivity contribution in [1.82, 2.24) is 5.43 Å². The van der Waals surface area contributed by atoms with Gasteiger partial charge in [-0.1, -0.05) is 41.4 Å². The molecule has 5 heteroatoms. The number of hydrazine groups is 1. The van der Waals surface area contributed by atoms with Crippen LogP contribution in [0.15, 0.2) is 36.4 Å². The molecule has 20 heavy (non-hydrogen) atoms. The van der Waals surface area contributed by atoms with E-state index in [1.807, 2.05) is 25.1 Å². The van der Waals surface area contributed by atoms with E-state index in [1.165, 1.54) is 6.07 Å². The molecule has 0 amide bonds. The highest BCUT2D eigenvalue weighted by molar-refractivity contribution is 6.31. The van der Waals surface area contributed by atoms with Gasteiger partial charge in [0.15, 0.2) is 0 Å². The number of nitrogens with two attached hydrogens (primary N) is 1. The van der Waals surface area contributed by atoms with Crippen LogP contribution in [0.4, 0.5) is 4.39 Å². The van der Waals surface area contributed by atoms with Crippen LogP contribution in [-0.4, -0.2) is 0 Å². The van der Waals surface area contributed by atoms with Crippen molar-refractivity contribution in [2.45, 2.75) is 19.4 Å². The van der Waals surface area contributed by atoms with E-state index >= 15 is 0 Å². The maximum atomic E-state index is 13.2. The lowest BCUT2D eigenvalue weighted by atomic mass is 9.98. The van der Waals surface area contributed by atoms with E-state index in [0.29, 0.717) is 11.4 Å². The van der Waals surface area contributed by atoms with Gasteiger partial charge in [0.1, 0.15) is 5.82 Å². The molecule has 0 heterocycles. The van der Waals surface area contributed by atoms with Crippen molar-refractivity contribution in [2.24, 2.45) is 5.84 Å². The first-order valence-corrected chi connectivity index (χ1v) is 6.93. The Kier molecular flexibility index (Phi) is 5.00. The number of benzene rings is 2. The van der Waals surface area contributed by atoms with Crippen LogP contribution in [-0.2, 0) is 6.42 Å². The number of hydrogen-bond acceptors (Lipinski definition) is 2. The largest absolute Gasteiger partial charge is 0.271 e. The Morgan fingerprint density at radius 2 is 1.90 bits per heavy atom. The van der Waals surface area contributed by atoms with Crippen LogP contribution in [0.1, 0.15) is 22.7 Å². The van der Waals surface area contributed by atoms with E-state index in [-0.39, 0.29) is 11.1 Å². The summed E-state index contributed by atoms with van der Waals surface area (Å²) in [6.07, 6.45) is 0.609. The van der Waals surface area contributed by atoms with Gasteiger partial charge < -0.3 is 0 Å². The summed E-state index contributed by atoms with van der Waals surface area (Å²) >= 11 is 11.8. The standard InChI is InChI=1S/C15H15Cl2FN2/c1-9-6-11(3-4-12(9)16)15(20-19)8-10-2-5-14(18)13(17)7-10/h2-7,15,20H,8,19H2,1H3. The summed E-state index contributed by atoms with van der Waals surface area (Å²) in [6.45, 7) is 1.94. The lowest BCUT2D eigenvalue weighted by molar-refractivity contribution is 0.550. The van der Waals surface area contributed by atoms with Crippen molar-refractivity contribution in [3.05, 3.63) is 69.0 Å². The molecule has 0 aliphatic carbocycles. The van der Waals surface area contributed by atoms with Crippen LogP contribution >= 0.6 is 23.2 Å². The Morgan fingerprint density at radius 1 is 1.15 bits per heavy atom. The van der Waals surface area contributed by atoms with Gasteiger partial charge in [-0.2, -0.15) is 0 Å². The van der Waals surface area contributed by atoms with Gasteiger partial charge in [-0.25, -0.2) is 4.39 Å². The zero-order valence-corrected chi connectivity index (χ0v) is 12.5. The molecule has 0 saturated heterocycles. The monoisotopic (exact) mass is 312 g/mol. The average molecular weight is 313 g/mol. The second-order valence-corrected chi connectivity index (χ2v) is 5.49. The quantitative estimate of drug-likeness (QED) is 0.656. The number of nitrogens with one attached hydrogen (secondary N) is 1. The zero-order valence-electron chi connectivity index (χ0n) is 11.0.